The first kappa shape index (κ1) is 20.7. The summed E-state index contributed by atoms with van der Waals surface area (Å²) < 4.78 is 3.46. The first-order valence-electron chi connectivity index (χ1n) is 12.3. The number of hydrogen-bond acceptors (Lipinski definition) is 3. The molecule has 0 saturated heterocycles. The zero-order chi connectivity index (χ0) is 22.9. The number of aliphatic imine (C=N–C) groups is 1. The Morgan fingerprint density at radius 3 is 2.18 bits per heavy atom. The molecule has 0 aliphatic heterocycles. The Balaban J connectivity index is 1.29. The molecular formula is C27H33N5O. The van der Waals surface area contributed by atoms with Crippen molar-refractivity contribution in [2.45, 2.75) is 64.7 Å². The summed E-state index contributed by atoms with van der Waals surface area (Å²) in [7, 11) is 1.91. The average molecular weight is 444 g/mol. The van der Waals surface area contributed by atoms with Gasteiger partial charge in [0.05, 0.1) is 22.6 Å². The average Bonchev–Trinajstić information content (AvgIpc) is 3.19. The van der Waals surface area contributed by atoms with Crippen molar-refractivity contribution in [1.82, 2.24) is 19.6 Å². The van der Waals surface area contributed by atoms with Gasteiger partial charge in [0.25, 0.3) is 5.56 Å². The predicted octanol–water partition coefficient (Wildman–Crippen LogP) is 5.04. The van der Waals surface area contributed by atoms with Crippen LogP contribution in [0.15, 0.2) is 34.1 Å². The standard InChI is InChI=1S/C27H33N5O/c1-16-24(15-28-25-17(2)29-31(4)18(25)3)26(33)32(30-16)23-7-5-22(6-8-23)27-12-19-9-20(13-27)11-21(10-19)14-27/h5-8,15,19-21,30H,9-14H2,1-4H3. The number of aryl methyl sites for hydroxylation is 3. The molecule has 7 rings (SSSR count). The first-order valence-corrected chi connectivity index (χ1v) is 12.3. The van der Waals surface area contributed by atoms with Gasteiger partial charge in [0.2, 0.25) is 0 Å². The molecule has 1 aromatic carbocycles. The van der Waals surface area contributed by atoms with E-state index in [9.17, 15) is 4.79 Å². The van der Waals surface area contributed by atoms with Crippen LogP contribution in [0.4, 0.5) is 5.69 Å². The van der Waals surface area contributed by atoms with E-state index in [4.69, 9.17) is 0 Å². The molecule has 4 bridgehead atoms. The van der Waals surface area contributed by atoms with Crippen molar-refractivity contribution in [3.8, 4) is 5.69 Å². The summed E-state index contributed by atoms with van der Waals surface area (Å²) in [5.74, 6) is 2.79. The fraction of sp³-hybridized carbons (Fsp3) is 0.519. The summed E-state index contributed by atoms with van der Waals surface area (Å²) in [6, 6.07) is 8.78. The lowest BCUT2D eigenvalue weighted by Gasteiger charge is -2.57. The minimum absolute atomic E-state index is 0.0713. The Kier molecular flexibility index (Phi) is 4.58. The SMILES string of the molecule is Cc1nn(C)c(C)c1N=Cc1c(C)[nH]n(-c2ccc(C34CC5CC(CC(C5)C3)C4)cc2)c1=O. The fourth-order valence-corrected chi connectivity index (χ4v) is 7.40. The van der Waals surface area contributed by atoms with Crippen LogP contribution in [0.2, 0.25) is 0 Å². The Labute approximate surface area is 194 Å². The van der Waals surface area contributed by atoms with E-state index in [0.717, 1.165) is 46.2 Å². The Hall–Kier alpha value is -2.89. The maximum Gasteiger partial charge on any atom is 0.280 e. The third kappa shape index (κ3) is 3.25. The molecule has 172 valence electrons. The lowest BCUT2D eigenvalue weighted by molar-refractivity contribution is -0.00518. The number of nitrogens with one attached hydrogen (secondary N) is 1. The monoisotopic (exact) mass is 443 g/mol. The van der Waals surface area contributed by atoms with Crippen LogP contribution in [0.1, 0.15) is 66.7 Å². The number of benzene rings is 1. The molecule has 4 saturated carbocycles. The van der Waals surface area contributed by atoms with Crippen molar-refractivity contribution < 1.29 is 0 Å². The van der Waals surface area contributed by atoms with Crippen LogP contribution in [0.5, 0.6) is 0 Å². The van der Waals surface area contributed by atoms with E-state index in [1.165, 1.54) is 44.1 Å². The first-order chi connectivity index (χ1) is 15.8. The molecule has 6 nitrogen and oxygen atoms in total. The highest BCUT2D eigenvalue weighted by molar-refractivity contribution is 5.83. The summed E-state index contributed by atoms with van der Waals surface area (Å²) in [6.45, 7) is 5.85. The zero-order valence-corrected chi connectivity index (χ0v) is 20.1. The summed E-state index contributed by atoms with van der Waals surface area (Å²) in [5.41, 5.74) is 6.73. The molecule has 4 fully saturated rings. The molecular weight excluding hydrogens is 410 g/mol. The number of aromatic nitrogens is 4. The number of hydrogen-bond donors (Lipinski definition) is 1. The Bertz CT molecular complexity index is 1270. The molecule has 2 aromatic heterocycles. The van der Waals surface area contributed by atoms with Gasteiger partial charge >= 0.3 is 0 Å². The summed E-state index contributed by atoms with van der Waals surface area (Å²) >= 11 is 0. The van der Waals surface area contributed by atoms with Crippen LogP contribution in [0, 0.1) is 38.5 Å². The van der Waals surface area contributed by atoms with E-state index in [1.54, 1.807) is 10.9 Å². The van der Waals surface area contributed by atoms with E-state index in [-0.39, 0.29) is 5.56 Å². The number of H-pyrrole nitrogens is 1. The van der Waals surface area contributed by atoms with Crippen LogP contribution in [0.3, 0.4) is 0 Å². The van der Waals surface area contributed by atoms with E-state index < -0.39 is 0 Å². The lowest BCUT2D eigenvalue weighted by atomic mass is 9.48. The van der Waals surface area contributed by atoms with Crippen LogP contribution < -0.4 is 5.56 Å². The molecule has 2 heterocycles. The van der Waals surface area contributed by atoms with Crippen molar-refractivity contribution in [2.75, 3.05) is 0 Å². The van der Waals surface area contributed by atoms with Gasteiger partial charge in [-0.05, 0) is 100 Å². The number of nitrogens with zero attached hydrogens (tertiary/aromatic N) is 4. The van der Waals surface area contributed by atoms with Gasteiger partial charge < -0.3 is 0 Å². The van der Waals surface area contributed by atoms with Crippen LogP contribution in [-0.2, 0) is 12.5 Å². The molecule has 0 unspecified atom stereocenters. The molecule has 0 atom stereocenters. The van der Waals surface area contributed by atoms with Crippen molar-refractivity contribution in [3.05, 3.63) is 62.8 Å². The molecule has 4 aliphatic carbocycles. The van der Waals surface area contributed by atoms with E-state index in [1.807, 2.05) is 32.5 Å². The highest BCUT2D eigenvalue weighted by Gasteiger charge is 2.51. The van der Waals surface area contributed by atoms with Gasteiger partial charge in [0, 0.05) is 19.0 Å². The number of rotatable bonds is 4. The van der Waals surface area contributed by atoms with Gasteiger partial charge in [-0.25, -0.2) is 4.68 Å². The highest BCUT2D eigenvalue weighted by atomic mass is 16.1. The lowest BCUT2D eigenvalue weighted by Crippen LogP contribution is -2.48. The van der Waals surface area contributed by atoms with Gasteiger partial charge in [0.15, 0.2) is 0 Å². The predicted molar refractivity (Wildman–Crippen MR) is 131 cm³/mol. The van der Waals surface area contributed by atoms with Crippen LogP contribution >= 0.6 is 0 Å². The second-order valence-electron chi connectivity index (χ2n) is 10.9. The molecule has 0 spiro atoms. The van der Waals surface area contributed by atoms with Gasteiger partial charge in [0.1, 0.15) is 5.69 Å². The molecule has 6 heteroatoms. The fourth-order valence-electron chi connectivity index (χ4n) is 7.40. The minimum atomic E-state index is -0.0713. The van der Waals surface area contributed by atoms with Gasteiger partial charge in [-0.3, -0.25) is 19.6 Å². The minimum Gasteiger partial charge on any atom is -0.295 e. The maximum absolute atomic E-state index is 13.2. The summed E-state index contributed by atoms with van der Waals surface area (Å²) in [6.07, 6.45) is 10.1. The molecule has 3 aromatic rings. The van der Waals surface area contributed by atoms with Crippen molar-refractivity contribution >= 4 is 11.9 Å². The molecule has 0 amide bonds. The van der Waals surface area contributed by atoms with Gasteiger partial charge in [-0.15, -0.1) is 0 Å². The molecule has 4 aliphatic rings. The third-order valence-electron chi connectivity index (χ3n) is 8.69. The third-order valence-corrected chi connectivity index (χ3v) is 8.69. The zero-order valence-electron chi connectivity index (χ0n) is 20.1. The maximum atomic E-state index is 13.2. The Morgan fingerprint density at radius 2 is 1.64 bits per heavy atom. The van der Waals surface area contributed by atoms with Crippen LogP contribution in [-0.4, -0.2) is 25.8 Å². The largest absolute Gasteiger partial charge is 0.295 e. The molecule has 1 N–H and O–H groups in total. The Morgan fingerprint density at radius 1 is 1.03 bits per heavy atom. The van der Waals surface area contributed by atoms with Crippen molar-refractivity contribution in [1.29, 1.82) is 0 Å². The summed E-state index contributed by atoms with van der Waals surface area (Å²) in [4.78, 5) is 17.8. The highest BCUT2D eigenvalue weighted by Crippen LogP contribution is 2.60. The summed E-state index contributed by atoms with van der Waals surface area (Å²) in [5, 5.41) is 7.65. The van der Waals surface area contributed by atoms with Gasteiger partial charge in [-0.1, -0.05) is 12.1 Å². The second kappa shape index (κ2) is 7.31. The van der Waals surface area contributed by atoms with Crippen molar-refractivity contribution in [3.63, 3.8) is 0 Å². The van der Waals surface area contributed by atoms with E-state index in [0.29, 0.717) is 11.0 Å². The van der Waals surface area contributed by atoms with E-state index >= 15 is 0 Å². The smallest absolute Gasteiger partial charge is 0.280 e. The van der Waals surface area contributed by atoms with E-state index in [2.05, 4.69) is 39.5 Å². The second-order valence-corrected chi connectivity index (χ2v) is 10.9. The normalized spacial score (nSPS) is 28.3. The number of aromatic amines is 1. The quantitative estimate of drug-likeness (QED) is 0.574. The molecule has 0 radical (unpaired) electrons. The van der Waals surface area contributed by atoms with Gasteiger partial charge in [-0.2, -0.15) is 5.10 Å². The molecule has 33 heavy (non-hydrogen) atoms. The van der Waals surface area contributed by atoms with Crippen LogP contribution in [0.25, 0.3) is 5.69 Å². The topological polar surface area (TPSA) is 68.0 Å². The van der Waals surface area contributed by atoms with Crippen molar-refractivity contribution in [2.24, 2.45) is 29.8 Å².